The average molecular weight is 411 g/mol. The molecule has 1 atom stereocenters. The Labute approximate surface area is 172 Å². The minimum atomic E-state index is -0.351. The molecule has 2 heterocycles. The molecule has 3 aromatic rings. The van der Waals surface area contributed by atoms with Crippen LogP contribution >= 0.6 is 0 Å². The molecule has 0 unspecified atom stereocenters. The van der Waals surface area contributed by atoms with Crippen molar-refractivity contribution in [2.45, 2.75) is 12.3 Å². The second-order valence-corrected chi connectivity index (χ2v) is 7.62. The maximum Gasteiger partial charge on any atom is 0.230 e. The van der Waals surface area contributed by atoms with E-state index in [1.54, 1.807) is 20.3 Å². The largest absolute Gasteiger partial charge is 0.493 e. The van der Waals surface area contributed by atoms with Gasteiger partial charge in [-0.1, -0.05) is 5.16 Å². The van der Waals surface area contributed by atoms with Gasteiger partial charge in [-0.25, -0.2) is 4.39 Å². The van der Waals surface area contributed by atoms with Crippen molar-refractivity contribution in [2.75, 3.05) is 45.3 Å². The normalized spacial score (nSPS) is 18.2. The molecule has 0 saturated carbocycles. The first kappa shape index (κ1) is 18.7. The van der Waals surface area contributed by atoms with Crippen LogP contribution in [0.15, 0.2) is 34.9 Å². The predicted molar refractivity (Wildman–Crippen MR) is 109 cm³/mol. The van der Waals surface area contributed by atoms with E-state index in [1.807, 2.05) is 17.0 Å². The minimum Gasteiger partial charge on any atom is -0.493 e. The number of nitrogens with zero attached hydrogens (tertiary/aromatic N) is 3. The molecule has 30 heavy (non-hydrogen) atoms. The van der Waals surface area contributed by atoms with Crippen molar-refractivity contribution in [3.63, 3.8) is 0 Å². The fourth-order valence-electron chi connectivity index (χ4n) is 4.34. The summed E-state index contributed by atoms with van der Waals surface area (Å²) in [6, 6.07) is 8.29. The number of piperazine rings is 1. The molecule has 0 bridgehead atoms. The third kappa shape index (κ3) is 2.94. The second kappa shape index (κ2) is 7.19. The third-order valence-electron chi connectivity index (χ3n) is 6.05. The van der Waals surface area contributed by atoms with Gasteiger partial charge in [-0.05, 0) is 41.8 Å². The molecule has 0 N–H and O–H groups in total. The summed E-state index contributed by atoms with van der Waals surface area (Å²) in [7, 11) is 3.21. The van der Waals surface area contributed by atoms with E-state index in [2.05, 4.69) is 10.1 Å². The fraction of sp³-hybridized carbons (Fsp3) is 0.364. The van der Waals surface area contributed by atoms with Gasteiger partial charge in [0.15, 0.2) is 22.9 Å². The molecule has 1 aliphatic heterocycles. The monoisotopic (exact) mass is 411 g/mol. The molecule has 7 nitrogen and oxygen atoms in total. The lowest BCUT2D eigenvalue weighted by Gasteiger charge is -2.39. The van der Waals surface area contributed by atoms with Crippen LogP contribution in [-0.2, 0) is 11.2 Å². The van der Waals surface area contributed by atoms with Gasteiger partial charge in [0.2, 0.25) is 5.91 Å². The standard InChI is InChI=1S/C22H22FN3O4/c1-28-19-10-13-9-17(16(13)12-20(19)29-2)22(27)26-7-5-25(6-8-26)21-15-4-3-14(23)11-18(15)30-24-21/h3-4,10-12,17H,5-9H2,1-2H3/t17-/m1/s1. The molecule has 2 aliphatic rings. The van der Waals surface area contributed by atoms with E-state index in [0.717, 1.165) is 16.5 Å². The summed E-state index contributed by atoms with van der Waals surface area (Å²) in [5.74, 6) is 1.69. The maximum absolute atomic E-state index is 13.4. The van der Waals surface area contributed by atoms with Gasteiger partial charge in [0, 0.05) is 32.2 Å². The Bertz CT molecular complexity index is 1120. The van der Waals surface area contributed by atoms with E-state index in [1.165, 1.54) is 12.1 Å². The number of hydrogen-bond donors (Lipinski definition) is 0. The SMILES string of the molecule is COc1cc2c(cc1OC)[C@H](C(=O)N1CCN(c3noc4cc(F)ccc34)CC1)C2. The van der Waals surface area contributed by atoms with Gasteiger partial charge in [-0.15, -0.1) is 0 Å². The quantitative estimate of drug-likeness (QED) is 0.658. The predicted octanol–water partition coefficient (Wildman–Crippen LogP) is 2.97. The maximum atomic E-state index is 13.4. The summed E-state index contributed by atoms with van der Waals surface area (Å²) >= 11 is 0. The van der Waals surface area contributed by atoms with Crippen molar-refractivity contribution in [1.82, 2.24) is 10.1 Å². The second-order valence-electron chi connectivity index (χ2n) is 7.62. The molecule has 1 amide bonds. The number of fused-ring (bicyclic) bond motifs is 2. The van der Waals surface area contributed by atoms with E-state index in [4.69, 9.17) is 14.0 Å². The lowest BCUT2D eigenvalue weighted by atomic mass is 9.76. The number of hydrogen-bond acceptors (Lipinski definition) is 6. The van der Waals surface area contributed by atoms with E-state index in [9.17, 15) is 9.18 Å². The zero-order valence-corrected chi connectivity index (χ0v) is 16.9. The first-order chi connectivity index (χ1) is 14.6. The van der Waals surface area contributed by atoms with Crippen molar-refractivity contribution in [2.24, 2.45) is 0 Å². The van der Waals surface area contributed by atoms with E-state index < -0.39 is 0 Å². The lowest BCUT2D eigenvalue weighted by molar-refractivity contribution is -0.133. The van der Waals surface area contributed by atoms with Crippen molar-refractivity contribution < 1.29 is 23.2 Å². The van der Waals surface area contributed by atoms with Crippen LogP contribution in [0.2, 0.25) is 0 Å². The first-order valence-electron chi connectivity index (χ1n) is 9.92. The highest BCUT2D eigenvalue weighted by molar-refractivity contribution is 5.89. The number of methoxy groups -OCH3 is 2. The molecule has 2 aromatic carbocycles. The lowest BCUT2D eigenvalue weighted by Crippen LogP contribution is -2.51. The van der Waals surface area contributed by atoms with Crippen LogP contribution < -0.4 is 14.4 Å². The van der Waals surface area contributed by atoms with Gasteiger partial charge in [-0.2, -0.15) is 0 Å². The number of carbonyl (C=O) groups excluding carboxylic acids is 1. The summed E-state index contributed by atoms with van der Waals surface area (Å²) < 4.78 is 29.4. The van der Waals surface area contributed by atoms with Gasteiger partial charge in [-0.3, -0.25) is 4.79 Å². The Kier molecular flexibility index (Phi) is 4.49. The van der Waals surface area contributed by atoms with Crippen LogP contribution in [0.4, 0.5) is 10.2 Å². The molecule has 1 fully saturated rings. The number of carbonyl (C=O) groups is 1. The van der Waals surface area contributed by atoms with Crippen molar-refractivity contribution in [1.29, 1.82) is 0 Å². The van der Waals surface area contributed by atoms with Crippen LogP contribution in [-0.4, -0.2) is 56.4 Å². The summed E-state index contributed by atoms with van der Waals surface area (Å²) in [6.45, 7) is 2.51. The highest BCUT2D eigenvalue weighted by Gasteiger charge is 2.37. The number of halogens is 1. The molecule has 1 aromatic heterocycles. The van der Waals surface area contributed by atoms with Crippen molar-refractivity contribution in [3.05, 3.63) is 47.3 Å². The van der Waals surface area contributed by atoms with Crippen LogP contribution in [0.5, 0.6) is 11.5 Å². The molecule has 5 rings (SSSR count). The zero-order chi connectivity index (χ0) is 20.8. The summed E-state index contributed by atoms with van der Waals surface area (Å²) in [4.78, 5) is 17.1. The highest BCUT2D eigenvalue weighted by atomic mass is 19.1. The molecule has 1 aliphatic carbocycles. The number of rotatable bonds is 4. The Balaban J connectivity index is 1.27. The number of amides is 1. The molecular weight excluding hydrogens is 389 g/mol. The average Bonchev–Trinajstić information content (AvgIpc) is 3.17. The van der Waals surface area contributed by atoms with E-state index in [0.29, 0.717) is 55.5 Å². The Morgan fingerprint density at radius 1 is 1.10 bits per heavy atom. The number of aromatic nitrogens is 1. The first-order valence-corrected chi connectivity index (χ1v) is 9.92. The molecule has 156 valence electrons. The fourth-order valence-corrected chi connectivity index (χ4v) is 4.34. The molecular formula is C22H22FN3O4. The topological polar surface area (TPSA) is 68.0 Å². The van der Waals surface area contributed by atoms with Crippen LogP contribution in [0.1, 0.15) is 17.0 Å². The van der Waals surface area contributed by atoms with Crippen molar-refractivity contribution >= 4 is 22.7 Å². The molecule has 0 radical (unpaired) electrons. The molecule has 0 spiro atoms. The number of ether oxygens (including phenoxy) is 2. The smallest absolute Gasteiger partial charge is 0.230 e. The van der Waals surface area contributed by atoms with Gasteiger partial charge in [0.1, 0.15) is 5.82 Å². The number of benzene rings is 2. The third-order valence-corrected chi connectivity index (χ3v) is 6.05. The van der Waals surface area contributed by atoms with Gasteiger partial charge in [0.05, 0.1) is 25.5 Å². The number of anilines is 1. The summed E-state index contributed by atoms with van der Waals surface area (Å²) in [6.07, 6.45) is 0.716. The molecule has 8 heteroatoms. The minimum absolute atomic E-state index is 0.137. The van der Waals surface area contributed by atoms with E-state index in [-0.39, 0.29) is 17.6 Å². The Morgan fingerprint density at radius 3 is 2.57 bits per heavy atom. The zero-order valence-electron chi connectivity index (χ0n) is 16.9. The van der Waals surface area contributed by atoms with Gasteiger partial charge < -0.3 is 23.8 Å². The van der Waals surface area contributed by atoms with Gasteiger partial charge in [0.25, 0.3) is 0 Å². The van der Waals surface area contributed by atoms with E-state index >= 15 is 0 Å². The molecule has 1 saturated heterocycles. The van der Waals surface area contributed by atoms with Crippen molar-refractivity contribution in [3.8, 4) is 11.5 Å². The Morgan fingerprint density at radius 2 is 1.83 bits per heavy atom. The highest BCUT2D eigenvalue weighted by Crippen LogP contribution is 2.43. The van der Waals surface area contributed by atoms with Crippen LogP contribution in [0.25, 0.3) is 11.0 Å². The van der Waals surface area contributed by atoms with Gasteiger partial charge >= 0.3 is 0 Å². The summed E-state index contributed by atoms with van der Waals surface area (Å²) in [5, 5.41) is 4.90. The van der Waals surface area contributed by atoms with Crippen LogP contribution in [0.3, 0.4) is 0 Å². The Hall–Kier alpha value is -3.29. The summed E-state index contributed by atoms with van der Waals surface area (Å²) in [5.41, 5.74) is 2.58. The van der Waals surface area contributed by atoms with Crippen LogP contribution in [0, 0.1) is 5.82 Å².